The number of aromatic hydroxyl groups is 1. The number of phenols is 1. The molecular formula is C16H22N2O3. The summed E-state index contributed by atoms with van der Waals surface area (Å²) in [4.78, 5) is 13.6. The van der Waals surface area contributed by atoms with Gasteiger partial charge >= 0.3 is 6.03 Å². The van der Waals surface area contributed by atoms with Crippen molar-refractivity contribution in [1.29, 1.82) is 0 Å². The topological polar surface area (TPSA) is 75.8 Å². The second-order valence-electron chi connectivity index (χ2n) is 6.14. The lowest BCUT2D eigenvalue weighted by Crippen LogP contribution is -2.58. The number of carbonyl (C=O) groups excluding carboxylic acids is 1. The van der Waals surface area contributed by atoms with Gasteiger partial charge in [0.15, 0.2) is 11.5 Å². The van der Waals surface area contributed by atoms with Gasteiger partial charge in [0.25, 0.3) is 0 Å². The molecule has 1 atom stereocenters. The second kappa shape index (κ2) is 5.13. The highest BCUT2D eigenvalue weighted by molar-refractivity contribution is 5.73. The summed E-state index contributed by atoms with van der Waals surface area (Å²) in [6.07, 6.45) is 5.71. The third-order valence-electron chi connectivity index (χ3n) is 4.99. The van der Waals surface area contributed by atoms with Crippen molar-refractivity contribution in [2.24, 2.45) is 5.73 Å². The average molecular weight is 290 g/mol. The molecule has 1 saturated heterocycles. The molecule has 0 radical (unpaired) electrons. The van der Waals surface area contributed by atoms with Crippen molar-refractivity contribution in [3.8, 4) is 11.5 Å². The molecule has 0 aromatic heterocycles. The van der Waals surface area contributed by atoms with Crippen LogP contribution in [0.2, 0.25) is 0 Å². The number of phenolic OH excluding ortho intramolecular Hbond substituents is 1. The Balaban J connectivity index is 1.95. The van der Waals surface area contributed by atoms with Crippen molar-refractivity contribution >= 4 is 6.03 Å². The summed E-state index contributed by atoms with van der Waals surface area (Å²) in [5.41, 5.74) is 7.72. The zero-order valence-electron chi connectivity index (χ0n) is 12.4. The van der Waals surface area contributed by atoms with E-state index in [0.29, 0.717) is 5.75 Å². The summed E-state index contributed by atoms with van der Waals surface area (Å²) in [5, 5.41) is 10.00. The molecule has 1 spiro atoms. The normalized spacial score (nSPS) is 24.7. The molecular weight excluding hydrogens is 268 g/mol. The number of hydrogen-bond donors (Lipinski definition) is 2. The standard InChI is InChI=1S/C16H22N2O3/c1-21-14-9-11-4-6-16(10-12(11)8-13(14)19)5-2-3-7-18(16)15(17)20/h8-9,19H,2-7,10H2,1H3,(H2,17,20). The molecule has 5 heteroatoms. The number of nitrogens with two attached hydrogens (primary N) is 1. The van der Waals surface area contributed by atoms with E-state index < -0.39 is 0 Å². The molecule has 5 nitrogen and oxygen atoms in total. The molecule has 2 aliphatic rings. The molecule has 114 valence electrons. The van der Waals surface area contributed by atoms with Gasteiger partial charge in [0, 0.05) is 12.1 Å². The summed E-state index contributed by atoms with van der Waals surface area (Å²) in [6, 6.07) is 3.37. The number of piperidine rings is 1. The van der Waals surface area contributed by atoms with Gasteiger partial charge in [-0.3, -0.25) is 0 Å². The van der Waals surface area contributed by atoms with Crippen molar-refractivity contribution in [2.75, 3.05) is 13.7 Å². The Morgan fingerprint density at radius 2 is 2.14 bits per heavy atom. The van der Waals surface area contributed by atoms with Crippen molar-refractivity contribution in [3.05, 3.63) is 23.3 Å². The number of rotatable bonds is 1. The van der Waals surface area contributed by atoms with E-state index in [1.165, 1.54) is 5.56 Å². The molecule has 3 rings (SSSR count). The van der Waals surface area contributed by atoms with E-state index in [-0.39, 0.29) is 17.3 Å². The van der Waals surface area contributed by atoms with Crippen LogP contribution in [0, 0.1) is 0 Å². The Morgan fingerprint density at radius 1 is 1.33 bits per heavy atom. The van der Waals surface area contributed by atoms with Gasteiger partial charge in [-0.15, -0.1) is 0 Å². The van der Waals surface area contributed by atoms with E-state index in [9.17, 15) is 9.90 Å². The Morgan fingerprint density at radius 3 is 2.86 bits per heavy atom. The molecule has 0 saturated carbocycles. The first kappa shape index (κ1) is 14.0. The van der Waals surface area contributed by atoms with Crippen molar-refractivity contribution in [1.82, 2.24) is 4.90 Å². The maximum Gasteiger partial charge on any atom is 0.315 e. The highest BCUT2D eigenvalue weighted by atomic mass is 16.5. The number of nitrogens with zero attached hydrogens (tertiary/aromatic N) is 1. The molecule has 1 aliphatic heterocycles. The van der Waals surface area contributed by atoms with Crippen molar-refractivity contribution in [2.45, 2.75) is 44.1 Å². The van der Waals surface area contributed by atoms with Crippen LogP contribution >= 0.6 is 0 Å². The van der Waals surface area contributed by atoms with Gasteiger partial charge in [-0.2, -0.15) is 0 Å². The lowest BCUT2D eigenvalue weighted by Gasteiger charge is -2.49. The Kier molecular flexibility index (Phi) is 3.43. The summed E-state index contributed by atoms with van der Waals surface area (Å²) < 4.78 is 5.17. The van der Waals surface area contributed by atoms with Crippen LogP contribution in [0.5, 0.6) is 11.5 Å². The number of amides is 2. The number of methoxy groups -OCH3 is 1. The average Bonchev–Trinajstić information content (AvgIpc) is 2.46. The Labute approximate surface area is 124 Å². The van der Waals surface area contributed by atoms with Crippen LogP contribution in [0.15, 0.2) is 12.1 Å². The van der Waals surface area contributed by atoms with Crippen LogP contribution in [-0.4, -0.2) is 35.2 Å². The molecule has 2 amide bonds. The summed E-state index contributed by atoms with van der Waals surface area (Å²) in [6.45, 7) is 0.743. The van der Waals surface area contributed by atoms with Crippen molar-refractivity contribution < 1.29 is 14.6 Å². The van der Waals surface area contributed by atoms with Crippen LogP contribution in [0.4, 0.5) is 4.79 Å². The van der Waals surface area contributed by atoms with Crippen LogP contribution in [0.25, 0.3) is 0 Å². The van der Waals surface area contributed by atoms with Gasteiger partial charge in [-0.25, -0.2) is 4.79 Å². The van der Waals surface area contributed by atoms with Gasteiger partial charge in [0.05, 0.1) is 7.11 Å². The fourth-order valence-corrected chi connectivity index (χ4v) is 3.91. The largest absolute Gasteiger partial charge is 0.504 e. The first-order chi connectivity index (χ1) is 10.1. The minimum atomic E-state index is -0.323. The van der Waals surface area contributed by atoms with E-state index in [1.54, 1.807) is 13.2 Å². The maximum atomic E-state index is 11.8. The van der Waals surface area contributed by atoms with Crippen molar-refractivity contribution in [3.63, 3.8) is 0 Å². The van der Waals surface area contributed by atoms with Crippen LogP contribution < -0.4 is 10.5 Å². The quantitative estimate of drug-likeness (QED) is 0.832. The highest BCUT2D eigenvalue weighted by Gasteiger charge is 2.43. The number of urea groups is 1. The maximum absolute atomic E-state index is 11.8. The predicted octanol–water partition coefficient (Wildman–Crippen LogP) is 2.19. The SMILES string of the molecule is COc1cc2c(cc1O)CC1(CCCCN1C(N)=O)CC2. The second-order valence-corrected chi connectivity index (χ2v) is 6.14. The van der Waals surface area contributed by atoms with Crippen LogP contribution in [-0.2, 0) is 12.8 Å². The zero-order chi connectivity index (χ0) is 15.0. The molecule has 1 aromatic rings. The van der Waals surface area contributed by atoms with E-state index in [1.807, 2.05) is 11.0 Å². The van der Waals surface area contributed by atoms with Gasteiger partial charge in [-0.05, 0) is 61.8 Å². The monoisotopic (exact) mass is 290 g/mol. The van der Waals surface area contributed by atoms with Gasteiger partial charge in [0.1, 0.15) is 0 Å². The third kappa shape index (κ3) is 2.30. The first-order valence-electron chi connectivity index (χ1n) is 7.51. The smallest absolute Gasteiger partial charge is 0.315 e. The number of likely N-dealkylation sites (tertiary alicyclic amines) is 1. The minimum absolute atomic E-state index is 0.162. The highest BCUT2D eigenvalue weighted by Crippen LogP contribution is 2.42. The number of benzene rings is 1. The lowest BCUT2D eigenvalue weighted by atomic mass is 9.72. The Bertz CT molecular complexity index is 573. The summed E-state index contributed by atoms with van der Waals surface area (Å²) >= 11 is 0. The van der Waals surface area contributed by atoms with Crippen LogP contribution in [0.3, 0.4) is 0 Å². The lowest BCUT2D eigenvalue weighted by molar-refractivity contribution is 0.0688. The van der Waals surface area contributed by atoms with E-state index in [0.717, 1.165) is 50.6 Å². The molecule has 1 unspecified atom stereocenters. The number of aryl methyl sites for hydroxylation is 1. The Hall–Kier alpha value is -1.91. The fraction of sp³-hybridized carbons (Fsp3) is 0.562. The molecule has 1 heterocycles. The first-order valence-corrected chi connectivity index (χ1v) is 7.51. The number of fused-ring (bicyclic) bond motifs is 1. The third-order valence-corrected chi connectivity index (χ3v) is 4.99. The van der Waals surface area contributed by atoms with E-state index in [2.05, 4.69) is 0 Å². The minimum Gasteiger partial charge on any atom is -0.504 e. The molecule has 1 aromatic carbocycles. The number of primary amides is 1. The van der Waals surface area contributed by atoms with Gasteiger partial charge in [0.2, 0.25) is 0 Å². The summed E-state index contributed by atoms with van der Waals surface area (Å²) in [7, 11) is 1.56. The predicted molar refractivity (Wildman–Crippen MR) is 79.6 cm³/mol. The molecule has 0 bridgehead atoms. The number of carbonyl (C=O) groups is 1. The van der Waals surface area contributed by atoms with E-state index in [4.69, 9.17) is 10.5 Å². The number of ether oxygens (including phenoxy) is 1. The van der Waals surface area contributed by atoms with Crippen LogP contribution in [0.1, 0.15) is 36.8 Å². The van der Waals surface area contributed by atoms with E-state index >= 15 is 0 Å². The zero-order valence-corrected chi connectivity index (χ0v) is 12.4. The molecule has 1 fully saturated rings. The van der Waals surface area contributed by atoms with Gasteiger partial charge < -0.3 is 20.5 Å². The fourth-order valence-electron chi connectivity index (χ4n) is 3.91. The molecule has 21 heavy (non-hydrogen) atoms. The number of hydrogen-bond acceptors (Lipinski definition) is 3. The summed E-state index contributed by atoms with van der Waals surface area (Å²) in [5.74, 6) is 0.676. The molecule has 1 aliphatic carbocycles. The molecule has 3 N–H and O–H groups in total. The van der Waals surface area contributed by atoms with Gasteiger partial charge in [-0.1, -0.05) is 0 Å².